The number of ether oxygens (including phenoxy) is 1. The molecule has 0 aromatic carbocycles. The molecule has 0 bridgehead atoms. The summed E-state index contributed by atoms with van der Waals surface area (Å²) >= 11 is 0. The van der Waals surface area contributed by atoms with Gasteiger partial charge in [0.1, 0.15) is 5.92 Å². The second-order valence-electron chi connectivity index (χ2n) is 3.18. The molecule has 4 heteroatoms. The number of hydrogen-bond acceptors (Lipinski definition) is 4. The Morgan fingerprint density at radius 2 is 2.43 bits per heavy atom. The van der Waals surface area contributed by atoms with Gasteiger partial charge >= 0.3 is 5.97 Å². The van der Waals surface area contributed by atoms with Crippen molar-refractivity contribution >= 4 is 11.8 Å². The average molecular weight is 191 g/mol. The highest BCUT2D eigenvalue weighted by atomic mass is 16.5. The van der Waals surface area contributed by atoms with Gasteiger partial charge in [-0.1, -0.05) is 0 Å². The molecule has 1 aliphatic carbocycles. The minimum Gasteiger partial charge on any atom is -0.468 e. The molecule has 0 N–H and O–H groups in total. The van der Waals surface area contributed by atoms with Crippen molar-refractivity contribution < 1.29 is 14.3 Å². The fourth-order valence-corrected chi connectivity index (χ4v) is 1.66. The Labute approximate surface area is 80.9 Å². The van der Waals surface area contributed by atoms with E-state index < -0.39 is 11.9 Å². The Bertz CT molecular complexity index is 400. The van der Waals surface area contributed by atoms with E-state index in [1.165, 1.54) is 13.3 Å². The molecule has 1 aromatic heterocycles. The lowest BCUT2D eigenvalue weighted by molar-refractivity contribution is -0.143. The molecular weight excluding hydrogens is 182 g/mol. The number of methoxy groups -OCH3 is 1. The van der Waals surface area contributed by atoms with Crippen LogP contribution in [0.2, 0.25) is 0 Å². The Balaban J connectivity index is 2.35. The van der Waals surface area contributed by atoms with E-state index in [4.69, 9.17) is 0 Å². The zero-order valence-electron chi connectivity index (χ0n) is 7.69. The van der Waals surface area contributed by atoms with Crippen molar-refractivity contribution in [1.82, 2.24) is 4.98 Å². The quantitative estimate of drug-likeness (QED) is 0.482. The molecule has 0 spiro atoms. The van der Waals surface area contributed by atoms with Crippen LogP contribution in [0.1, 0.15) is 15.9 Å². The molecule has 1 atom stereocenters. The lowest BCUT2D eigenvalue weighted by Gasteiger charge is -2.03. The van der Waals surface area contributed by atoms with Crippen LogP contribution >= 0.6 is 0 Å². The number of ketones is 1. The lowest BCUT2D eigenvalue weighted by Crippen LogP contribution is -2.21. The summed E-state index contributed by atoms with van der Waals surface area (Å²) < 4.78 is 4.56. The number of nitrogens with zero attached hydrogens (tertiary/aromatic N) is 1. The topological polar surface area (TPSA) is 56.3 Å². The van der Waals surface area contributed by atoms with E-state index in [0.29, 0.717) is 12.0 Å². The standard InChI is InChI=1S/C10H9NO3/c1-14-10(13)7-4-6-2-3-11-5-8(6)9(7)12/h2-3,5,7H,4H2,1H3. The maximum absolute atomic E-state index is 11.7. The van der Waals surface area contributed by atoms with E-state index in [0.717, 1.165) is 5.56 Å². The Kier molecular flexibility index (Phi) is 2.04. The minimum absolute atomic E-state index is 0.181. The molecule has 0 saturated heterocycles. The molecule has 2 rings (SSSR count). The summed E-state index contributed by atoms with van der Waals surface area (Å²) in [6.45, 7) is 0. The van der Waals surface area contributed by atoms with Crippen LogP contribution < -0.4 is 0 Å². The lowest BCUT2D eigenvalue weighted by atomic mass is 10.1. The van der Waals surface area contributed by atoms with Gasteiger partial charge in [0.2, 0.25) is 0 Å². The van der Waals surface area contributed by atoms with E-state index in [2.05, 4.69) is 9.72 Å². The predicted octanol–water partition coefficient (Wildman–Crippen LogP) is 0.610. The van der Waals surface area contributed by atoms with Crippen molar-refractivity contribution in [2.24, 2.45) is 5.92 Å². The highest BCUT2D eigenvalue weighted by molar-refractivity contribution is 6.12. The molecular formula is C10H9NO3. The van der Waals surface area contributed by atoms with E-state index >= 15 is 0 Å². The number of carbonyl (C=O) groups excluding carboxylic acids is 2. The smallest absolute Gasteiger partial charge is 0.316 e. The summed E-state index contributed by atoms with van der Waals surface area (Å²) in [5.74, 6) is -1.31. The van der Waals surface area contributed by atoms with Crippen molar-refractivity contribution in [1.29, 1.82) is 0 Å². The van der Waals surface area contributed by atoms with Gasteiger partial charge < -0.3 is 4.74 Å². The summed E-state index contributed by atoms with van der Waals surface area (Å²) in [7, 11) is 1.29. The molecule has 1 heterocycles. The zero-order chi connectivity index (χ0) is 10.1. The summed E-state index contributed by atoms with van der Waals surface area (Å²) in [5.41, 5.74) is 1.42. The first-order valence-corrected chi connectivity index (χ1v) is 4.29. The van der Waals surface area contributed by atoms with Gasteiger partial charge in [-0.25, -0.2) is 0 Å². The SMILES string of the molecule is COC(=O)C1Cc2ccncc2C1=O. The highest BCUT2D eigenvalue weighted by Crippen LogP contribution is 2.26. The number of Topliss-reactive ketones (excluding diaryl/α,β-unsaturated/α-hetero) is 1. The van der Waals surface area contributed by atoms with Crippen LogP contribution in [0.5, 0.6) is 0 Å². The van der Waals surface area contributed by atoms with Gasteiger partial charge in [-0.05, 0) is 18.1 Å². The fraction of sp³-hybridized carbons (Fsp3) is 0.300. The normalized spacial score (nSPS) is 19.2. The van der Waals surface area contributed by atoms with Crippen molar-refractivity contribution in [3.05, 3.63) is 29.6 Å². The monoisotopic (exact) mass is 191 g/mol. The van der Waals surface area contributed by atoms with Gasteiger partial charge in [0.05, 0.1) is 7.11 Å². The van der Waals surface area contributed by atoms with Gasteiger partial charge in [0.15, 0.2) is 5.78 Å². The maximum atomic E-state index is 11.7. The number of esters is 1. The van der Waals surface area contributed by atoms with Crippen molar-refractivity contribution in [3.63, 3.8) is 0 Å². The summed E-state index contributed by atoms with van der Waals surface area (Å²) in [6, 6.07) is 1.76. The third kappa shape index (κ3) is 1.19. The Morgan fingerprint density at radius 1 is 1.64 bits per heavy atom. The first-order chi connectivity index (χ1) is 6.74. The van der Waals surface area contributed by atoms with Crippen LogP contribution in [0.25, 0.3) is 0 Å². The van der Waals surface area contributed by atoms with Gasteiger partial charge in [-0.3, -0.25) is 14.6 Å². The van der Waals surface area contributed by atoms with Crippen LogP contribution in [0.4, 0.5) is 0 Å². The first-order valence-electron chi connectivity index (χ1n) is 4.29. The minimum atomic E-state index is -0.667. The van der Waals surface area contributed by atoms with E-state index in [-0.39, 0.29) is 5.78 Å². The highest BCUT2D eigenvalue weighted by Gasteiger charge is 2.36. The summed E-state index contributed by atoms with van der Waals surface area (Å²) in [4.78, 5) is 26.7. The van der Waals surface area contributed by atoms with Crippen LogP contribution in [0.3, 0.4) is 0 Å². The van der Waals surface area contributed by atoms with Crippen LogP contribution in [-0.2, 0) is 16.0 Å². The number of pyridine rings is 1. The van der Waals surface area contributed by atoms with E-state index in [1.54, 1.807) is 12.3 Å². The van der Waals surface area contributed by atoms with Crippen LogP contribution in [0.15, 0.2) is 18.5 Å². The predicted molar refractivity (Wildman–Crippen MR) is 47.8 cm³/mol. The van der Waals surface area contributed by atoms with Crippen LogP contribution in [0, 0.1) is 5.92 Å². The molecule has 0 amide bonds. The number of carbonyl (C=O) groups is 2. The number of aromatic nitrogens is 1. The molecule has 0 fully saturated rings. The fourth-order valence-electron chi connectivity index (χ4n) is 1.66. The van der Waals surface area contributed by atoms with E-state index in [9.17, 15) is 9.59 Å². The molecule has 72 valence electrons. The second-order valence-corrected chi connectivity index (χ2v) is 3.18. The molecule has 0 saturated carbocycles. The number of fused-ring (bicyclic) bond motifs is 1. The van der Waals surface area contributed by atoms with Gasteiger partial charge in [0, 0.05) is 18.0 Å². The largest absolute Gasteiger partial charge is 0.468 e. The summed E-state index contributed by atoms with van der Waals surface area (Å²) in [5, 5.41) is 0. The molecule has 1 aromatic rings. The average Bonchev–Trinajstić information content (AvgIpc) is 2.56. The van der Waals surface area contributed by atoms with Crippen molar-refractivity contribution in [2.75, 3.05) is 7.11 Å². The van der Waals surface area contributed by atoms with Gasteiger partial charge in [-0.2, -0.15) is 0 Å². The third-order valence-corrected chi connectivity index (χ3v) is 2.40. The van der Waals surface area contributed by atoms with Crippen LogP contribution in [-0.4, -0.2) is 23.8 Å². The molecule has 1 aliphatic rings. The first kappa shape index (κ1) is 8.87. The van der Waals surface area contributed by atoms with Crippen molar-refractivity contribution in [3.8, 4) is 0 Å². The van der Waals surface area contributed by atoms with Gasteiger partial charge in [0.25, 0.3) is 0 Å². The summed E-state index contributed by atoms with van der Waals surface area (Å²) in [6.07, 6.45) is 3.55. The molecule has 0 radical (unpaired) electrons. The third-order valence-electron chi connectivity index (χ3n) is 2.40. The second kappa shape index (κ2) is 3.21. The Hall–Kier alpha value is -1.71. The molecule has 14 heavy (non-hydrogen) atoms. The number of hydrogen-bond donors (Lipinski definition) is 0. The van der Waals surface area contributed by atoms with Gasteiger partial charge in [-0.15, -0.1) is 0 Å². The number of rotatable bonds is 1. The molecule has 0 aliphatic heterocycles. The Morgan fingerprint density at radius 3 is 3.07 bits per heavy atom. The molecule has 1 unspecified atom stereocenters. The zero-order valence-corrected chi connectivity index (χ0v) is 7.69. The van der Waals surface area contributed by atoms with Crippen molar-refractivity contribution in [2.45, 2.75) is 6.42 Å². The van der Waals surface area contributed by atoms with E-state index in [1.807, 2.05) is 0 Å². The molecule has 4 nitrogen and oxygen atoms in total. The maximum Gasteiger partial charge on any atom is 0.316 e.